The highest BCUT2D eigenvalue weighted by molar-refractivity contribution is 7.12. The van der Waals surface area contributed by atoms with E-state index >= 15 is 0 Å². The third kappa shape index (κ3) is 3.23. The Morgan fingerprint density at radius 1 is 1.20 bits per heavy atom. The number of fused-ring (bicyclic) bond motifs is 1. The van der Waals surface area contributed by atoms with Crippen LogP contribution in [0.2, 0.25) is 0 Å². The molecule has 3 aromatic heterocycles. The predicted molar refractivity (Wildman–Crippen MR) is 115 cm³/mol. The zero-order valence-electron chi connectivity index (χ0n) is 16.9. The van der Waals surface area contributed by atoms with Gasteiger partial charge in [-0.25, -0.2) is 0 Å². The van der Waals surface area contributed by atoms with Gasteiger partial charge in [0.2, 0.25) is 0 Å². The molecule has 4 aromatic rings. The Kier molecular flexibility index (Phi) is 4.71. The molecule has 0 N–H and O–H groups in total. The van der Waals surface area contributed by atoms with Crippen molar-refractivity contribution >= 4 is 17.2 Å². The molecule has 152 valence electrons. The fourth-order valence-electron chi connectivity index (χ4n) is 4.01. The molecule has 5 rings (SSSR count). The molecule has 0 spiro atoms. The Labute approximate surface area is 178 Å². The maximum absolute atomic E-state index is 13.1. The molecule has 7 nitrogen and oxygen atoms in total. The lowest BCUT2D eigenvalue weighted by Gasteiger charge is -2.27. The molecule has 0 fully saturated rings. The summed E-state index contributed by atoms with van der Waals surface area (Å²) in [5.41, 5.74) is 5.24. The van der Waals surface area contributed by atoms with Gasteiger partial charge in [0, 0.05) is 31.3 Å². The van der Waals surface area contributed by atoms with Gasteiger partial charge in [0.05, 0.1) is 18.0 Å². The highest BCUT2D eigenvalue weighted by Crippen LogP contribution is 2.30. The Balaban J connectivity index is 1.48. The average molecular weight is 419 g/mol. The van der Waals surface area contributed by atoms with Gasteiger partial charge in [-0.2, -0.15) is 5.10 Å². The van der Waals surface area contributed by atoms with Crippen LogP contribution in [0, 0.1) is 6.92 Å². The summed E-state index contributed by atoms with van der Waals surface area (Å²) >= 11 is 1.50. The van der Waals surface area contributed by atoms with Gasteiger partial charge in [-0.1, -0.05) is 30.3 Å². The van der Waals surface area contributed by atoms with Gasteiger partial charge in [-0.3, -0.25) is 9.48 Å². The van der Waals surface area contributed by atoms with Crippen LogP contribution in [0.4, 0.5) is 0 Å². The van der Waals surface area contributed by atoms with Gasteiger partial charge in [0.1, 0.15) is 12.0 Å². The van der Waals surface area contributed by atoms with E-state index in [1.54, 1.807) is 6.33 Å². The zero-order valence-corrected chi connectivity index (χ0v) is 17.8. The predicted octanol–water partition coefficient (Wildman–Crippen LogP) is 3.30. The van der Waals surface area contributed by atoms with E-state index in [1.165, 1.54) is 16.9 Å². The minimum absolute atomic E-state index is 0.0914. The maximum atomic E-state index is 13.1. The first-order chi connectivity index (χ1) is 14.6. The van der Waals surface area contributed by atoms with E-state index < -0.39 is 0 Å². The van der Waals surface area contributed by atoms with Crippen LogP contribution >= 0.6 is 11.3 Å². The summed E-state index contributed by atoms with van der Waals surface area (Å²) in [6.45, 7) is 3.89. The number of aromatic nitrogens is 5. The molecule has 1 aliphatic heterocycles. The van der Waals surface area contributed by atoms with Crippen molar-refractivity contribution in [1.82, 2.24) is 29.4 Å². The molecule has 4 heterocycles. The summed E-state index contributed by atoms with van der Waals surface area (Å²) < 4.78 is 3.94. The molecule has 0 unspecified atom stereocenters. The number of hydrogen-bond donors (Lipinski definition) is 0. The third-order valence-corrected chi connectivity index (χ3v) is 6.61. The molecule has 0 aliphatic carbocycles. The van der Waals surface area contributed by atoms with Crippen LogP contribution in [0.25, 0.3) is 11.5 Å². The lowest BCUT2D eigenvalue weighted by molar-refractivity contribution is 0.0738. The first kappa shape index (κ1) is 18.7. The molecule has 30 heavy (non-hydrogen) atoms. The van der Waals surface area contributed by atoms with E-state index in [1.807, 2.05) is 57.8 Å². The maximum Gasteiger partial charge on any atom is 0.264 e. The SMILES string of the molecule is Cc1ccsc1C(=O)N1CCc2c(c(-c3nncn3Cc3ccccc3)nn2C)C1. The Morgan fingerprint density at radius 3 is 2.80 bits per heavy atom. The van der Waals surface area contributed by atoms with Crippen molar-refractivity contribution in [3.8, 4) is 11.5 Å². The van der Waals surface area contributed by atoms with E-state index in [-0.39, 0.29) is 5.91 Å². The molecule has 0 bridgehead atoms. The zero-order chi connectivity index (χ0) is 20.7. The topological polar surface area (TPSA) is 68.8 Å². The van der Waals surface area contributed by atoms with Crippen molar-refractivity contribution in [3.63, 3.8) is 0 Å². The molecule has 0 atom stereocenters. The molecule has 1 amide bonds. The van der Waals surface area contributed by atoms with Crippen molar-refractivity contribution in [2.75, 3.05) is 6.54 Å². The van der Waals surface area contributed by atoms with Crippen LogP contribution in [0.5, 0.6) is 0 Å². The summed E-state index contributed by atoms with van der Waals surface area (Å²) in [5, 5.41) is 15.3. The largest absolute Gasteiger partial charge is 0.333 e. The number of nitrogens with zero attached hydrogens (tertiary/aromatic N) is 6. The van der Waals surface area contributed by atoms with Gasteiger partial charge in [-0.15, -0.1) is 21.5 Å². The first-order valence-corrected chi connectivity index (χ1v) is 10.8. The number of rotatable bonds is 4. The number of hydrogen-bond acceptors (Lipinski definition) is 5. The van der Waals surface area contributed by atoms with Crippen molar-refractivity contribution in [3.05, 3.63) is 75.4 Å². The standard InChI is InChI=1S/C22H22N6OS/c1-15-9-11-30-20(15)22(29)27-10-8-18-17(13-27)19(25-26(18)2)21-24-23-14-28(21)12-16-6-4-3-5-7-16/h3-7,9,11,14H,8,10,12-13H2,1-2H3. The van der Waals surface area contributed by atoms with Crippen molar-refractivity contribution < 1.29 is 4.79 Å². The smallest absolute Gasteiger partial charge is 0.264 e. The summed E-state index contributed by atoms with van der Waals surface area (Å²) in [5.74, 6) is 0.825. The van der Waals surface area contributed by atoms with E-state index in [4.69, 9.17) is 5.10 Å². The summed E-state index contributed by atoms with van der Waals surface area (Å²) in [7, 11) is 1.96. The minimum atomic E-state index is 0.0914. The number of benzene rings is 1. The Bertz CT molecular complexity index is 1210. The minimum Gasteiger partial charge on any atom is -0.333 e. The Hall–Kier alpha value is -3.26. The van der Waals surface area contributed by atoms with Crippen LogP contribution in [0.1, 0.15) is 32.1 Å². The van der Waals surface area contributed by atoms with Gasteiger partial charge < -0.3 is 9.47 Å². The van der Waals surface area contributed by atoms with Gasteiger partial charge >= 0.3 is 0 Å². The fraction of sp³-hybridized carbons (Fsp3) is 0.273. The second kappa shape index (κ2) is 7.53. The van der Waals surface area contributed by atoms with E-state index in [2.05, 4.69) is 22.3 Å². The third-order valence-electron chi connectivity index (χ3n) is 5.61. The van der Waals surface area contributed by atoms with Crippen LogP contribution < -0.4 is 0 Å². The lowest BCUT2D eigenvalue weighted by Crippen LogP contribution is -2.36. The molecule has 1 aromatic carbocycles. The normalized spacial score (nSPS) is 13.5. The molecular formula is C22H22N6OS. The molecule has 0 saturated carbocycles. The number of aryl methyl sites for hydroxylation is 2. The molecule has 1 aliphatic rings. The van der Waals surface area contributed by atoms with Crippen LogP contribution in [0.3, 0.4) is 0 Å². The summed E-state index contributed by atoms with van der Waals surface area (Å²) in [6.07, 6.45) is 2.52. The lowest BCUT2D eigenvalue weighted by atomic mass is 10.0. The summed E-state index contributed by atoms with van der Waals surface area (Å²) in [4.78, 5) is 15.8. The van der Waals surface area contributed by atoms with E-state index in [9.17, 15) is 4.79 Å². The van der Waals surface area contributed by atoms with Gasteiger partial charge in [-0.05, 0) is 29.5 Å². The van der Waals surface area contributed by atoms with Crippen molar-refractivity contribution in [1.29, 1.82) is 0 Å². The van der Waals surface area contributed by atoms with Crippen LogP contribution in [0.15, 0.2) is 48.1 Å². The first-order valence-electron chi connectivity index (χ1n) is 9.92. The summed E-state index contributed by atoms with van der Waals surface area (Å²) in [6, 6.07) is 12.2. The molecule has 8 heteroatoms. The van der Waals surface area contributed by atoms with Crippen molar-refractivity contribution in [2.24, 2.45) is 7.05 Å². The second-order valence-corrected chi connectivity index (χ2v) is 8.49. The number of carbonyl (C=O) groups is 1. The highest BCUT2D eigenvalue weighted by Gasteiger charge is 2.30. The molecular weight excluding hydrogens is 396 g/mol. The van der Waals surface area contributed by atoms with Gasteiger partial charge in [0.15, 0.2) is 5.82 Å². The van der Waals surface area contributed by atoms with Crippen LogP contribution in [-0.4, -0.2) is 41.9 Å². The quantitative estimate of drug-likeness (QED) is 0.510. The van der Waals surface area contributed by atoms with Crippen molar-refractivity contribution in [2.45, 2.75) is 26.4 Å². The average Bonchev–Trinajstić information content (AvgIpc) is 3.47. The number of carbonyl (C=O) groups excluding carboxylic acids is 1. The van der Waals surface area contributed by atoms with E-state index in [0.29, 0.717) is 19.6 Å². The molecule has 0 saturated heterocycles. The highest BCUT2D eigenvalue weighted by atomic mass is 32.1. The van der Waals surface area contributed by atoms with Gasteiger partial charge in [0.25, 0.3) is 5.91 Å². The number of thiophene rings is 1. The second-order valence-electron chi connectivity index (χ2n) is 7.57. The van der Waals surface area contributed by atoms with E-state index in [0.717, 1.165) is 39.6 Å². The van der Waals surface area contributed by atoms with Crippen LogP contribution in [-0.2, 0) is 26.6 Å². The monoisotopic (exact) mass is 418 g/mol. The number of amides is 1. The molecule has 0 radical (unpaired) electrons. The fourth-order valence-corrected chi connectivity index (χ4v) is 4.91. The Morgan fingerprint density at radius 2 is 2.03 bits per heavy atom.